The van der Waals surface area contributed by atoms with Gasteiger partial charge in [0.2, 0.25) is 5.91 Å². The molecule has 1 amide bonds. The van der Waals surface area contributed by atoms with Crippen LogP contribution in [0.15, 0.2) is 40.9 Å². The van der Waals surface area contributed by atoms with Crippen LogP contribution in [0.5, 0.6) is 0 Å². The van der Waals surface area contributed by atoms with Gasteiger partial charge in [-0.3, -0.25) is 4.79 Å². The highest BCUT2D eigenvalue weighted by Gasteiger charge is 2.28. The van der Waals surface area contributed by atoms with E-state index in [1.54, 1.807) is 6.07 Å². The zero-order chi connectivity index (χ0) is 18.0. The maximum atomic E-state index is 12.6. The number of rotatable bonds is 4. The Morgan fingerprint density at radius 1 is 1.32 bits per heavy atom. The fourth-order valence-electron chi connectivity index (χ4n) is 3.19. The van der Waals surface area contributed by atoms with E-state index in [2.05, 4.69) is 21.2 Å². The second kappa shape index (κ2) is 7.44. The number of esters is 1. The predicted octanol–water partition coefficient (Wildman–Crippen LogP) is 3.53. The molecule has 1 aliphatic heterocycles. The molecule has 2 atom stereocenters. The second-order valence-corrected chi connectivity index (χ2v) is 7.21. The van der Waals surface area contributed by atoms with Gasteiger partial charge < -0.3 is 14.6 Å². The number of nitrogens with zero attached hydrogens (tertiary/aromatic N) is 1. The molecule has 2 unspecified atom stereocenters. The third-order valence-electron chi connectivity index (χ3n) is 4.72. The summed E-state index contributed by atoms with van der Waals surface area (Å²) in [6.45, 7) is 2.50. The van der Waals surface area contributed by atoms with Crippen molar-refractivity contribution in [2.24, 2.45) is 13.0 Å². The summed E-state index contributed by atoms with van der Waals surface area (Å²) in [6, 6.07) is 11.6. The van der Waals surface area contributed by atoms with E-state index in [0.29, 0.717) is 18.7 Å². The Hall–Kier alpha value is -2.08. The van der Waals surface area contributed by atoms with Gasteiger partial charge in [-0.2, -0.15) is 0 Å². The van der Waals surface area contributed by atoms with E-state index in [-0.39, 0.29) is 23.9 Å². The summed E-state index contributed by atoms with van der Waals surface area (Å²) in [6.07, 6.45) is 0.944. The number of piperidine rings is 1. The normalized spacial score (nSPS) is 18.5. The van der Waals surface area contributed by atoms with Crippen LogP contribution in [0.2, 0.25) is 0 Å². The molecule has 25 heavy (non-hydrogen) atoms. The molecule has 1 saturated heterocycles. The van der Waals surface area contributed by atoms with Crippen LogP contribution in [0.4, 0.5) is 0 Å². The first kappa shape index (κ1) is 17.7. The molecule has 0 radical (unpaired) electrons. The Kier molecular flexibility index (Phi) is 5.27. The van der Waals surface area contributed by atoms with E-state index in [1.807, 2.05) is 48.9 Å². The van der Waals surface area contributed by atoms with Gasteiger partial charge in [0.25, 0.3) is 0 Å². The zero-order valence-electron chi connectivity index (χ0n) is 14.3. The molecule has 3 rings (SSSR count). The van der Waals surface area contributed by atoms with Crippen LogP contribution in [0.25, 0.3) is 11.3 Å². The molecule has 5 nitrogen and oxygen atoms in total. The third-order valence-corrected chi connectivity index (χ3v) is 5.41. The molecular weight excluding hydrogens is 384 g/mol. The summed E-state index contributed by atoms with van der Waals surface area (Å²) < 4.78 is 8.44. The summed E-state index contributed by atoms with van der Waals surface area (Å²) in [5.41, 5.74) is 2.45. The minimum atomic E-state index is -0.362. The Labute approximate surface area is 155 Å². The van der Waals surface area contributed by atoms with Crippen molar-refractivity contribution in [1.29, 1.82) is 0 Å². The van der Waals surface area contributed by atoms with Crippen molar-refractivity contribution in [2.75, 3.05) is 6.54 Å². The van der Waals surface area contributed by atoms with Crippen molar-refractivity contribution in [3.63, 3.8) is 0 Å². The lowest BCUT2D eigenvalue weighted by atomic mass is 9.92. The molecule has 1 aromatic carbocycles. The molecule has 0 saturated carbocycles. The zero-order valence-corrected chi connectivity index (χ0v) is 15.9. The lowest BCUT2D eigenvalue weighted by molar-refractivity contribution is -0.124. The predicted molar refractivity (Wildman–Crippen MR) is 99.2 cm³/mol. The SMILES string of the molecule is CC(OC(=O)c1ccc(-c2ccccc2Br)n1C)C1CCNC(=O)C1. The maximum Gasteiger partial charge on any atom is 0.355 e. The molecule has 1 aromatic heterocycles. The first-order valence-electron chi connectivity index (χ1n) is 8.35. The van der Waals surface area contributed by atoms with E-state index < -0.39 is 0 Å². The van der Waals surface area contributed by atoms with Crippen molar-refractivity contribution in [3.8, 4) is 11.3 Å². The Bertz CT molecular complexity index is 800. The van der Waals surface area contributed by atoms with Crippen LogP contribution in [0.1, 0.15) is 30.3 Å². The molecule has 0 spiro atoms. The van der Waals surface area contributed by atoms with Crippen LogP contribution in [-0.2, 0) is 16.6 Å². The van der Waals surface area contributed by atoms with Gasteiger partial charge in [0.1, 0.15) is 11.8 Å². The highest BCUT2D eigenvalue weighted by Crippen LogP contribution is 2.29. The highest BCUT2D eigenvalue weighted by atomic mass is 79.9. The molecule has 0 bridgehead atoms. The van der Waals surface area contributed by atoms with Crippen LogP contribution in [0.3, 0.4) is 0 Å². The molecule has 6 heteroatoms. The minimum absolute atomic E-state index is 0.0224. The average Bonchev–Trinajstić information content (AvgIpc) is 2.97. The number of halogens is 1. The number of hydrogen-bond acceptors (Lipinski definition) is 3. The monoisotopic (exact) mass is 404 g/mol. The van der Waals surface area contributed by atoms with Crippen molar-refractivity contribution in [2.45, 2.75) is 25.9 Å². The number of ether oxygens (including phenoxy) is 1. The van der Waals surface area contributed by atoms with Gasteiger partial charge in [0.15, 0.2) is 0 Å². The number of benzene rings is 1. The van der Waals surface area contributed by atoms with Gasteiger partial charge in [-0.25, -0.2) is 4.79 Å². The molecule has 1 fully saturated rings. The van der Waals surface area contributed by atoms with Crippen molar-refractivity contribution >= 4 is 27.8 Å². The lowest BCUT2D eigenvalue weighted by Crippen LogP contribution is -2.38. The van der Waals surface area contributed by atoms with E-state index >= 15 is 0 Å². The summed E-state index contributed by atoms with van der Waals surface area (Å²) in [5.74, 6) is -0.269. The number of nitrogens with one attached hydrogen (secondary N) is 1. The molecule has 1 aliphatic rings. The van der Waals surface area contributed by atoms with Crippen molar-refractivity contribution in [3.05, 3.63) is 46.6 Å². The van der Waals surface area contributed by atoms with Crippen LogP contribution in [-0.4, -0.2) is 29.1 Å². The molecule has 1 N–H and O–H groups in total. The number of aromatic nitrogens is 1. The third kappa shape index (κ3) is 3.79. The average molecular weight is 405 g/mol. The van der Waals surface area contributed by atoms with E-state index in [1.165, 1.54) is 0 Å². The summed E-state index contributed by atoms with van der Waals surface area (Å²) in [4.78, 5) is 24.1. The number of amides is 1. The maximum absolute atomic E-state index is 12.6. The molecule has 2 aromatic rings. The first-order chi connectivity index (χ1) is 12.0. The van der Waals surface area contributed by atoms with Gasteiger partial charge >= 0.3 is 5.97 Å². The summed E-state index contributed by atoms with van der Waals surface area (Å²) >= 11 is 3.54. The van der Waals surface area contributed by atoms with Crippen LogP contribution in [0, 0.1) is 5.92 Å². The van der Waals surface area contributed by atoms with Gasteiger partial charge in [-0.05, 0) is 31.5 Å². The van der Waals surface area contributed by atoms with E-state index in [9.17, 15) is 9.59 Å². The number of carbonyl (C=O) groups excluding carboxylic acids is 2. The van der Waals surface area contributed by atoms with Crippen LogP contribution < -0.4 is 5.32 Å². The highest BCUT2D eigenvalue weighted by molar-refractivity contribution is 9.10. The fraction of sp³-hybridized carbons (Fsp3) is 0.368. The molecule has 2 heterocycles. The molecular formula is C19H21BrN2O3. The Morgan fingerprint density at radius 3 is 2.80 bits per heavy atom. The van der Waals surface area contributed by atoms with E-state index in [4.69, 9.17) is 4.74 Å². The summed E-state index contributed by atoms with van der Waals surface area (Å²) in [5, 5.41) is 2.80. The lowest BCUT2D eigenvalue weighted by Gasteiger charge is -2.27. The van der Waals surface area contributed by atoms with E-state index in [0.717, 1.165) is 22.2 Å². The minimum Gasteiger partial charge on any atom is -0.458 e. The fourth-order valence-corrected chi connectivity index (χ4v) is 3.68. The number of carbonyl (C=O) groups is 2. The Morgan fingerprint density at radius 2 is 2.08 bits per heavy atom. The smallest absolute Gasteiger partial charge is 0.355 e. The van der Waals surface area contributed by atoms with Gasteiger partial charge in [0, 0.05) is 41.7 Å². The second-order valence-electron chi connectivity index (χ2n) is 6.36. The largest absolute Gasteiger partial charge is 0.458 e. The molecule has 0 aliphatic carbocycles. The standard InChI is InChI=1S/C19H21BrN2O3/c1-12(13-9-10-21-18(23)11-13)25-19(24)17-8-7-16(22(17)2)14-5-3-4-6-15(14)20/h3-8,12-13H,9-11H2,1-2H3,(H,21,23). The van der Waals surface area contributed by atoms with Crippen molar-refractivity contribution < 1.29 is 14.3 Å². The van der Waals surface area contributed by atoms with Gasteiger partial charge in [-0.1, -0.05) is 34.1 Å². The molecule has 132 valence electrons. The first-order valence-corrected chi connectivity index (χ1v) is 9.15. The van der Waals surface area contributed by atoms with Gasteiger partial charge in [-0.15, -0.1) is 0 Å². The topological polar surface area (TPSA) is 60.3 Å². The summed E-state index contributed by atoms with van der Waals surface area (Å²) in [7, 11) is 1.85. The van der Waals surface area contributed by atoms with Crippen molar-refractivity contribution in [1.82, 2.24) is 9.88 Å². The van der Waals surface area contributed by atoms with Gasteiger partial charge in [0.05, 0.1) is 0 Å². The van der Waals surface area contributed by atoms with Crippen LogP contribution >= 0.6 is 15.9 Å². The Balaban J connectivity index is 1.75. The number of hydrogen-bond donors (Lipinski definition) is 1. The quantitative estimate of drug-likeness (QED) is 0.792.